The molecule has 0 aromatic heterocycles. The van der Waals surface area contributed by atoms with Crippen LogP contribution >= 0.6 is 0 Å². The molecule has 0 radical (unpaired) electrons. The molecule has 0 aliphatic carbocycles. The van der Waals surface area contributed by atoms with Crippen LogP contribution in [0.25, 0.3) is 10.8 Å². The van der Waals surface area contributed by atoms with E-state index < -0.39 is 59.1 Å². The van der Waals surface area contributed by atoms with Crippen LogP contribution in [-0.4, -0.2) is 69.9 Å². The minimum absolute atomic E-state index is 0.00424. The number of fused-ring (bicyclic) bond motifs is 2. The molecule has 0 bridgehead atoms. The number of ether oxygens (including phenoxy) is 5. The van der Waals surface area contributed by atoms with Crippen molar-refractivity contribution in [3.8, 4) is 23.0 Å². The van der Waals surface area contributed by atoms with Crippen molar-refractivity contribution in [2.45, 2.75) is 24.9 Å². The highest BCUT2D eigenvalue weighted by Gasteiger charge is 2.58. The number of carbonyl (C=O) groups excluding carboxylic acids is 2. The number of phenols is 2. The van der Waals surface area contributed by atoms with Crippen LogP contribution in [-0.2, 0) is 24.6 Å². The van der Waals surface area contributed by atoms with Gasteiger partial charge >= 0.3 is 23.9 Å². The summed E-state index contributed by atoms with van der Waals surface area (Å²) in [6.07, 6.45) is -1.43. The number of esters is 2. The summed E-state index contributed by atoms with van der Waals surface area (Å²) in [7, 11) is 2.54. The predicted molar refractivity (Wildman–Crippen MR) is 145 cm³/mol. The number of aliphatic carboxylic acids is 1. The molecule has 0 saturated heterocycles. The van der Waals surface area contributed by atoms with Gasteiger partial charge in [-0.1, -0.05) is 0 Å². The number of cyclic esters (lactones) is 1. The van der Waals surface area contributed by atoms with E-state index in [4.69, 9.17) is 23.7 Å². The average Bonchev–Trinajstić information content (AvgIpc) is 3.26. The SMILES string of the molecule is COc1cc(O)c2c(c1)[C@]1(OC2=O)C(=C[C@@H]2OC(=O)c3c(O)cc(OC)c4c(C(=O)O)cc(C)c2c34)C=C(C(=O)O)OC1O. The summed E-state index contributed by atoms with van der Waals surface area (Å²) >= 11 is 0. The molecule has 0 fully saturated rings. The van der Waals surface area contributed by atoms with Crippen molar-refractivity contribution in [3.63, 3.8) is 0 Å². The molecule has 3 atom stereocenters. The Balaban J connectivity index is 1.69. The van der Waals surface area contributed by atoms with Crippen molar-refractivity contribution >= 4 is 34.6 Å². The maximum Gasteiger partial charge on any atom is 0.371 e. The van der Waals surface area contributed by atoms with E-state index >= 15 is 0 Å². The number of hydrogen-bond donors (Lipinski definition) is 5. The lowest BCUT2D eigenvalue weighted by atomic mass is 9.80. The van der Waals surface area contributed by atoms with Gasteiger partial charge in [-0.15, -0.1) is 0 Å². The first-order valence-electron chi connectivity index (χ1n) is 12.8. The summed E-state index contributed by atoms with van der Waals surface area (Å²) in [5.41, 5.74) is -3.06. The number of benzene rings is 3. The molecular formula is C30H22O14. The molecule has 1 unspecified atom stereocenters. The third-order valence-corrected chi connectivity index (χ3v) is 7.80. The number of aliphatic hydroxyl groups excluding tert-OH is 1. The second-order valence-electron chi connectivity index (χ2n) is 10.1. The van der Waals surface area contributed by atoms with Gasteiger partial charge < -0.3 is 49.2 Å². The molecule has 14 nitrogen and oxygen atoms in total. The standard InChI is InChI=1S/C30H22O14/c1-10-4-13(25(33)34)21-17(41-3)9-16(32)23-24(21)20(10)18(42-27(23)37)5-11-6-19(26(35)36)43-29(39)30(11)14-7-12(40-2)8-15(31)22(14)28(38)44-30/h4-9,18,29,31-32,39H,1-3H3,(H,33,34)(H,35,36)/t18-,29?,30+/m0/s1. The summed E-state index contributed by atoms with van der Waals surface area (Å²) < 4.78 is 27.1. The zero-order chi connectivity index (χ0) is 31.8. The Bertz CT molecular complexity index is 1920. The van der Waals surface area contributed by atoms with E-state index in [0.717, 1.165) is 18.2 Å². The Morgan fingerprint density at radius 2 is 1.61 bits per heavy atom. The monoisotopic (exact) mass is 606 g/mol. The predicted octanol–water partition coefficient (Wildman–Crippen LogP) is 2.80. The number of aryl methyl sites for hydroxylation is 1. The fourth-order valence-electron chi connectivity index (χ4n) is 5.95. The topological polar surface area (TPSA) is 216 Å². The summed E-state index contributed by atoms with van der Waals surface area (Å²) in [5.74, 6) is -6.90. The number of aliphatic hydroxyl groups is 1. The van der Waals surface area contributed by atoms with Crippen LogP contribution in [0.5, 0.6) is 23.0 Å². The minimum Gasteiger partial charge on any atom is -0.507 e. The number of rotatable bonds is 5. The van der Waals surface area contributed by atoms with Crippen LogP contribution in [0.3, 0.4) is 0 Å². The maximum absolute atomic E-state index is 13.3. The second-order valence-corrected chi connectivity index (χ2v) is 10.1. The van der Waals surface area contributed by atoms with Gasteiger partial charge in [-0.25, -0.2) is 19.2 Å². The summed E-state index contributed by atoms with van der Waals surface area (Å²) in [5, 5.41) is 52.2. The average molecular weight is 606 g/mol. The molecule has 0 amide bonds. The van der Waals surface area contributed by atoms with Crippen LogP contribution in [0.15, 0.2) is 47.7 Å². The molecule has 44 heavy (non-hydrogen) atoms. The van der Waals surface area contributed by atoms with E-state index in [2.05, 4.69) is 0 Å². The highest BCUT2D eigenvalue weighted by Crippen LogP contribution is 2.53. The molecule has 3 aliphatic rings. The van der Waals surface area contributed by atoms with Gasteiger partial charge in [0.25, 0.3) is 0 Å². The van der Waals surface area contributed by atoms with Gasteiger partial charge in [0.1, 0.15) is 40.2 Å². The second kappa shape index (κ2) is 9.64. The van der Waals surface area contributed by atoms with Crippen molar-refractivity contribution in [3.05, 3.63) is 81.1 Å². The summed E-state index contributed by atoms with van der Waals surface area (Å²) in [6, 6.07) is 4.83. The van der Waals surface area contributed by atoms with Crippen molar-refractivity contribution in [1.82, 2.24) is 0 Å². The number of carboxylic acids is 2. The largest absolute Gasteiger partial charge is 0.507 e. The fourth-order valence-corrected chi connectivity index (χ4v) is 5.95. The van der Waals surface area contributed by atoms with Crippen LogP contribution < -0.4 is 9.47 Å². The Morgan fingerprint density at radius 3 is 2.25 bits per heavy atom. The molecule has 0 saturated carbocycles. The summed E-state index contributed by atoms with van der Waals surface area (Å²) in [4.78, 5) is 50.6. The first-order valence-corrected chi connectivity index (χ1v) is 12.8. The van der Waals surface area contributed by atoms with Crippen LogP contribution in [0, 0.1) is 6.92 Å². The van der Waals surface area contributed by atoms with E-state index in [9.17, 15) is 44.7 Å². The maximum atomic E-state index is 13.3. The van der Waals surface area contributed by atoms with Crippen molar-refractivity contribution in [1.29, 1.82) is 0 Å². The number of methoxy groups -OCH3 is 2. The zero-order valence-electron chi connectivity index (χ0n) is 23.0. The van der Waals surface area contributed by atoms with Gasteiger partial charge in [-0.05, 0) is 36.8 Å². The van der Waals surface area contributed by atoms with Gasteiger partial charge in [0.05, 0.1) is 19.8 Å². The third kappa shape index (κ3) is 3.77. The number of hydrogen-bond acceptors (Lipinski definition) is 12. The fraction of sp³-hybridized carbons (Fsp3) is 0.200. The Morgan fingerprint density at radius 1 is 0.909 bits per heavy atom. The smallest absolute Gasteiger partial charge is 0.371 e. The molecule has 6 rings (SSSR count). The number of carboxylic acid groups (broad SMARTS) is 2. The highest BCUT2D eigenvalue weighted by molar-refractivity contribution is 6.17. The highest BCUT2D eigenvalue weighted by atomic mass is 16.7. The van der Waals surface area contributed by atoms with E-state index in [1.54, 1.807) is 0 Å². The Kier molecular flexibility index (Phi) is 6.21. The Hall–Kier alpha value is -5.76. The van der Waals surface area contributed by atoms with Crippen LogP contribution in [0.2, 0.25) is 0 Å². The quantitative estimate of drug-likeness (QED) is 0.264. The molecule has 3 aliphatic heterocycles. The first-order chi connectivity index (χ1) is 20.8. The molecular weight excluding hydrogens is 584 g/mol. The minimum atomic E-state index is -2.28. The van der Waals surface area contributed by atoms with E-state index in [1.165, 1.54) is 39.4 Å². The molecule has 3 aromatic rings. The number of phenolic OH excluding ortho intramolecular Hbond substituents is 2. The molecule has 226 valence electrons. The van der Waals surface area contributed by atoms with Gasteiger partial charge in [0.15, 0.2) is 0 Å². The number of aromatic carboxylic acids is 1. The van der Waals surface area contributed by atoms with Gasteiger partial charge in [0, 0.05) is 39.6 Å². The normalized spacial score (nSPS) is 22.6. The lowest BCUT2D eigenvalue weighted by molar-refractivity contribution is -0.191. The third-order valence-electron chi connectivity index (χ3n) is 7.80. The van der Waals surface area contributed by atoms with Gasteiger partial charge in [-0.2, -0.15) is 0 Å². The number of carbonyl (C=O) groups is 4. The van der Waals surface area contributed by atoms with Crippen molar-refractivity contribution in [2.75, 3.05) is 14.2 Å². The lowest BCUT2D eigenvalue weighted by Gasteiger charge is -2.38. The zero-order valence-corrected chi connectivity index (χ0v) is 23.0. The molecule has 3 heterocycles. The van der Waals surface area contributed by atoms with Gasteiger partial charge in [-0.3, -0.25) is 0 Å². The summed E-state index contributed by atoms with van der Waals surface area (Å²) in [6.45, 7) is 1.53. The first kappa shape index (κ1) is 28.4. The van der Waals surface area contributed by atoms with E-state index in [0.29, 0.717) is 5.56 Å². The molecule has 1 spiro atoms. The lowest BCUT2D eigenvalue weighted by Crippen LogP contribution is -2.46. The van der Waals surface area contributed by atoms with Crippen molar-refractivity contribution in [2.24, 2.45) is 0 Å². The molecule has 3 aromatic carbocycles. The molecule has 5 N–H and O–H groups in total. The van der Waals surface area contributed by atoms with Crippen LogP contribution in [0.1, 0.15) is 53.9 Å². The van der Waals surface area contributed by atoms with Crippen LogP contribution in [0.4, 0.5) is 0 Å². The Labute approximate surface area is 246 Å². The van der Waals surface area contributed by atoms with Gasteiger partial charge in [0.2, 0.25) is 17.7 Å². The van der Waals surface area contributed by atoms with E-state index in [1.807, 2.05) is 0 Å². The van der Waals surface area contributed by atoms with E-state index in [-0.39, 0.29) is 55.7 Å². The molecule has 14 heteroatoms. The van der Waals surface area contributed by atoms with Crippen molar-refractivity contribution < 1.29 is 68.4 Å². The number of aromatic hydroxyl groups is 2.